The van der Waals surface area contributed by atoms with Crippen LogP contribution in [0.1, 0.15) is 86.1 Å². The molecule has 0 N–H and O–H groups in total. The van der Waals surface area contributed by atoms with E-state index in [0.29, 0.717) is 0 Å². The molecule has 0 fully saturated rings. The maximum atomic E-state index is 5.84. The van der Waals surface area contributed by atoms with Crippen molar-refractivity contribution in [1.82, 2.24) is 0 Å². The summed E-state index contributed by atoms with van der Waals surface area (Å²) in [6, 6.07) is 35.7. The number of hydrogen-bond acceptors (Lipinski definition) is 0. The van der Waals surface area contributed by atoms with Gasteiger partial charge in [0.25, 0.3) is 0 Å². The Morgan fingerprint density at radius 2 is 1.20 bits per heavy atom. The van der Waals surface area contributed by atoms with E-state index in [4.69, 9.17) is 23.2 Å². The van der Waals surface area contributed by atoms with Gasteiger partial charge < -0.3 is 0 Å². The predicted octanol–water partition coefficient (Wildman–Crippen LogP) is 13.1. The summed E-state index contributed by atoms with van der Waals surface area (Å²) in [5, 5.41) is 3.19. The second-order valence-electron chi connectivity index (χ2n) is 16.3. The Balaban J connectivity index is 0.000000272. The number of benzene rings is 4. The zero-order valence-electron chi connectivity index (χ0n) is 32.1. The van der Waals surface area contributed by atoms with Gasteiger partial charge in [-0.1, -0.05) is 98.8 Å². The van der Waals surface area contributed by atoms with Crippen molar-refractivity contribution in [3.63, 3.8) is 0 Å². The van der Waals surface area contributed by atoms with Crippen LogP contribution in [0.2, 0.25) is 29.7 Å². The summed E-state index contributed by atoms with van der Waals surface area (Å²) in [7, 11) is -1.06. The molecule has 0 atom stereocenters. The normalized spacial score (nSPS) is 11.5. The molecule has 0 heterocycles. The molecule has 0 nitrogen and oxygen atoms in total. The molecule has 0 unspecified atom stereocenters. The summed E-state index contributed by atoms with van der Waals surface area (Å²) in [6.45, 7) is 25.2. The Labute approximate surface area is 343 Å². The fraction of sp³-hybridized carbons (Fsp3) is 0.311. The molecule has 0 aliphatic heterocycles. The standard InChI is InChI=1S/C21H25.C10H17Si.2C7H5Cl.2ClH.Zr/c1-20(2,3)16-7-9-18-14(12-16)11-15-13-17(21(4,5)6)8-10-19(15)18;1-8-6-9(2)10(7-8)11(3,4)5;2*1-6-2-4-7(8)5-3-6;;;/h7-10,12H,11H2,1-6H3;6-7H,1-5H3;2*1-5H;2*1H;/q2*-1;;;;;. The Morgan fingerprint density at radius 3 is 1.61 bits per heavy atom. The van der Waals surface area contributed by atoms with E-state index in [9.17, 15) is 0 Å². The summed E-state index contributed by atoms with van der Waals surface area (Å²) >= 11 is 11.0. The van der Waals surface area contributed by atoms with Gasteiger partial charge in [-0.15, -0.1) is 35.9 Å². The molecule has 0 saturated heterocycles. The van der Waals surface area contributed by atoms with Crippen molar-refractivity contribution in [3.8, 4) is 11.1 Å². The first-order valence-corrected chi connectivity index (χ1v) is 24.3. The third-order valence-electron chi connectivity index (χ3n) is 8.75. The average Bonchev–Trinajstić information content (AvgIpc) is 3.56. The van der Waals surface area contributed by atoms with Gasteiger partial charge in [0.05, 0.1) is 0 Å². The van der Waals surface area contributed by atoms with Crippen molar-refractivity contribution >= 4 is 68.7 Å². The molecule has 5 aromatic rings. The molecule has 1 aliphatic carbocycles. The number of halogens is 4. The Kier molecular flexibility index (Phi) is 16.9. The molecule has 6 heteroatoms. The van der Waals surface area contributed by atoms with Crippen molar-refractivity contribution in [1.29, 1.82) is 0 Å². The number of hydrogen-bond donors (Lipinski definition) is 0. The van der Waals surface area contributed by atoms with Crippen molar-refractivity contribution in [2.75, 3.05) is 0 Å². The molecule has 0 amide bonds. The summed E-state index contributed by atoms with van der Waals surface area (Å²) in [5.41, 5.74) is 14.1. The van der Waals surface area contributed by atoms with Crippen LogP contribution in [-0.2, 0) is 39.5 Å². The van der Waals surface area contributed by atoms with Crippen LogP contribution in [0.5, 0.6) is 0 Å². The Bertz CT molecular complexity index is 1830. The van der Waals surface area contributed by atoms with Crippen molar-refractivity contribution in [2.24, 2.45) is 0 Å². The zero-order chi connectivity index (χ0) is 36.1. The second kappa shape index (κ2) is 19.0. The van der Waals surface area contributed by atoms with Gasteiger partial charge in [0.1, 0.15) is 0 Å². The van der Waals surface area contributed by atoms with Crippen LogP contribution >= 0.6 is 48.0 Å². The third kappa shape index (κ3) is 13.2. The molecule has 6 rings (SSSR count). The molecular weight excluding hydrogens is 802 g/mol. The van der Waals surface area contributed by atoms with Crippen LogP contribution in [0, 0.1) is 19.9 Å². The molecule has 0 spiro atoms. The first kappa shape index (κ1) is 45.4. The topological polar surface area (TPSA) is 0 Å². The zero-order valence-corrected chi connectivity index (χ0v) is 38.7. The molecule has 272 valence electrons. The van der Waals surface area contributed by atoms with E-state index in [1.54, 1.807) is 5.19 Å². The van der Waals surface area contributed by atoms with Crippen LogP contribution in [-0.4, -0.2) is 15.5 Å². The molecule has 0 bridgehead atoms. The van der Waals surface area contributed by atoms with E-state index >= 15 is 0 Å². The summed E-state index contributed by atoms with van der Waals surface area (Å²) in [5.74, 6) is 0. The van der Waals surface area contributed by atoms with Crippen LogP contribution in [0.15, 0.2) is 91.0 Å². The molecule has 0 saturated carbocycles. The van der Waals surface area contributed by atoms with Crippen LogP contribution in [0.3, 0.4) is 0 Å². The van der Waals surface area contributed by atoms with E-state index in [-0.39, 0.29) is 35.6 Å². The van der Waals surface area contributed by atoms with Crippen molar-refractivity contribution in [3.05, 3.63) is 152 Å². The molecular formula is C45H54Cl4SiZr-2. The van der Waals surface area contributed by atoms with Gasteiger partial charge in [-0.2, -0.15) is 46.1 Å². The van der Waals surface area contributed by atoms with Gasteiger partial charge in [0, 0.05) is 8.07 Å². The van der Waals surface area contributed by atoms with Gasteiger partial charge in [0.15, 0.2) is 0 Å². The van der Waals surface area contributed by atoms with Crippen LogP contribution < -0.4 is 5.19 Å². The minimum atomic E-state index is -1.06. The maximum absolute atomic E-state index is 5.84. The van der Waals surface area contributed by atoms with Crippen LogP contribution in [0.25, 0.3) is 11.1 Å². The van der Waals surface area contributed by atoms with Crippen LogP contribution in [0.4, 0.5) is 0 Å². The second-order valence-corrected chi connectivity index (χ2v) is 24.4. The van der Waals surface area contributed by atoms with E-state index in [0.717, 1.165) is 16.5 Å². The molecule has 0 aromatic heterocycles. The fourth-order valence-electron chi connectivity index (χ4n) is 5.99. The summed E-state index contributed by atoms with van der Waals surface area (Å²) < 4.78 is 4.66. The SMILES string of the molecule is CC(C)(C)c1[c-]c2c(cc1)-c1ccc(C(C)(C)C)cc1C2.Cc1cc([Si](C)(C)C)c(C)[cH-]1.Cl.Cl.Clc1ccc([CH]=[Zr]=[CH]c2ccc(Cl)cc2)cc1. The Morgan fingerprint density at radius 1 is 0.686 bits per heavy atom. The average molecular weight is 856 g/mol. The number of aryl methyl sites for hydroxylation is 2. The fourth-order valence-corrected chi connectivity index (χ4v) is 10.3. The Hall–Kier alpha value is -1.77. The van der Waals surface area contributed by atoms with E-state index < -0.39 is 30.3 Å². The number of fused-ring (bicyclic) bond motifs is 3. The minimum absolute atomic E-state index is 0. The monoisotopic (exact) mass is 852 g/mol. The predicted molar refractivity (Wildman–Crippen MR) is 233 cm³/mol. The summed E-state index contributed by atoms with van der Waals surface area (Å²) in [6.07, 6.45) is 1.03. The van der Waals surface area contributed by atoms with Gasteiger partial charge in [-0.25, -0.2) is 6.07 Å². The number of rotatable bonds is 3. The van der Waals surface area contributed by atoms with Gasteiger partial charge in [-0.3, -0.25) is 0 Å². The van der Waals surface area contributed by atoms with Gasteiger partial charge >= 0.3 is 123 Å². The molecule has 1 aliphatic rings. The molecule has 5 aromatic carbocycles. The van der Waals surface area contributed by atoms with E-state index in [1.165, 1.54) is 55.6 Å². The first-order chi connectivity index (χ1) is 22.8. The first-order valence-electron chi connectivity index (χ1n) is 17.2. The molecule has 51 heavy (non-hydrogen) atoms. The molecule has 0 radical (unpaired) electrons. The quantitative estimate of drug-likeness (QED) is 0.123. The third-order valence-corrected chi connectivity index (χ3v) is 13.9. The van der Waals surface area contributed by atoms with E-state index in [2.05, 4.69) is 155 Å². The summed E-state index contributed by atoms with van der Waals surface area (Å²) in [4.78, 5) is 0. The van der Waals surface area contributed by atoms with Crippen molar-refractivity contribution in [2.45, 2.75) is 92.3 Å². The van der Waals surface area contributed by atoms with Crippen molar-refractivity contribution < 1.29 is 22.3 Å². The van der Waals surface area contributed by atoms with Gasteiger partial charge in [-0.05, 0) is 28.4 Å². The van der Waals surface area contributed by atoms with E-state index in [1.807, 2.05) is 24.3 Å². The van der Waals surface area contributed by atoms with Gasteiger partial charge in [0.2, 0.25) is 0 Å².